The highest BCUT2D eigenvalue weighted by Crippen LogP contribution is 2.30. The maximum Gasteiger partial charge on any atom is 0.131 e. The lowest BCUT2D eigenvalue weighted by molar-refractivity contribution is 0.107. The van der Waals surface area contributed by atoms with E-state index in [9.17, 15) is 5.11 Å². The van der Waals surface area contributed by atoms with Crippen LogP contribution in [0.5, 0.6) is 5.75 Å². The van der Waals surface area contributed by atoms with E-state index in [1.54, 1.807) is 0 Å². The summed E-state index contributed by atoms with van der Waals surface area (Å²) in [7, 11) is 0. The molecule has 1 aliphatic rings. The van der Waals surface area contributed by atoms with Crippen LogP contribution in [0.3, 0.4) is 0 Å². The van der Waals surface area contributed by atoms with E-state index in [2.05, 4.69) is 5.32 Å². The van der Waals surface area contributed by atoms with Gasteiger partial charge >= 0.3 is 0 Å². The second-order valence-electron chi connectivity index (χ2n) is 6.54. The molecular formula is C21H23ClN2O2. The Morgan fingerprint density at radius 3 is 2.58 bits per heavy atom. The van der Waals surface area contributed by atoms with Crippen LogP contribution in [0.25, 0.3) is 22.2 Å². The van der Waals surface area contributed by atoms with E-state index in [1.807, 2.05) is 60.7 Å². The fourth-order valence-electron chi connectivity index (χ4n) is 2.85. The third kappa shape index (κ3) is 4.52. The second-order valence-corrected chi connectivity index (χ2v) is 6.54. The largest absolute Gasteiger partial charge is 0.490 e. The standard InChI is InChI=1S/C21H22N2O2.ClH/c24-17(13-22-16-10-11-16)14-25-21-12-20(15-6-2-1-3-7-15)23-19-9-5-4-8-18(19)21;/h1-9,12,16-17,22,24H,10-11,13-14H2;1H/t17-;/m0./s1. The molecule has 2 N–H and O–H groups in total. The molecule has 0 radical (unpaired) electrons. The van der Waals surface area contributed by atoms with Crippen molar-refractivity contribution in [2.75, 3.05) is 13.2 Å². The molecule has 0 saturated heterocycles. The maximum atomic E-state index is 10.1. The van der Waals surface area contributed by atoms with Gasteiger partial charge in [-0.2, -0.15) is 0 Å². The van der Waals surface area contributed by atoms with Crippen molar-refractivity contribution in [1.82, 2.24) is 10.3 Å². The minimum atomic E-state index is -0.521. The van der Waals surface area contributed by atoms with Gasteiger partial charge in [0.05, 0.1) is 11.2 Å². The highest BCUT2D eigenvalue weighted by atomic mass is 35.5. The van der Waals surface area contributed by atoms with Crippen LogP contribution < -0.4 is 10.1 Å². The molecule has 1 fully saturated rings. The van der Waals surface area contributed by atoms with Crippen LogP contribution in [0.2, 0.25) is 0 Å². The van der Waals surface area contributed by atoms with Crippen molar-refractivity contribution in [3.63, 3.8) is 0 Å². The van der Waals surface area contributed by atoms with Crippen molar-refractivity contribution in [3.8, 4) is 17.0 Å². The number of fused-ring (bicyclic) bond motifs is 1. The first-order valence-corrected chi connectivity index (χ1v) is 8.79. The van der Waals surface area contributed by atoms with Gasteiger partial charge in [0.25, 0.3) is 0 Å². The molecule has 1 atom stereocenters. The van der Waals surface area contributed by atoms with Crippen LogP contribution in [0.1, 0.15) is 12.8 Å². The number of rotatable bonds is 7. The first kappa shape index (κ1) is 18.6. The number of aromatic nitrogens is 1. The Kier molecular flexibility index (Phi) is 6.09. The van der Waals surface area contributed by atoms with Gasteiger partial charge in [-0.3, -0.25) is 0 Å². The summed E-state index contributed by atoms with van der Waals surface area (Å²) in [4.78, 5) is 4.75. The Balaban J connectivity index is 0.00000196. The zero-order chi connectivity index (χ0) is 17.1. The summed E-state index contributed by atoms with van der Waals surface area (Å²) in [6.45, 7) is 0.835. The Morgan fingerprint density at radius 2 is 1.81 bits per heavy atom. The Bertz CT molecular complexity index is 853. The molecule has 1 aliphatic carbocycles. The monoisotopic (exact) mass is 370 g/mol. The Hall–Kier alpha value is -2.14. The van der Waals surface area contributed by atoms with Gasteiger partial charge in [0.15, 0.2) is 0 Å². The van der Waals surface area contributed by atoms with Crippen molar-refractivity contribution >= 4 is 23.3 Å². The van der Waals surface area contributed by atoms with Gasteiger partial charge in [-0.05, 0) is 25.0 Å². The molecule has 0 unspecified atom stereocenters. The number of halogens is 1. The van der Waals surface area contributed by atoms with Gasteiger partial charge in [0.2, 0.25) is 0 Å². The first-order valence-electron chi connectivity index (χ1n) is 8.79. The van der Waals surface area contributed by atoms with Crippen LogP contribution in [-0.4, -0.2) is 35.4 Å². The van der Waals surface area contributed by atoms with E-state index >= 15 is 0 Å². The SMILES string of the molecule is Cl.O[C@@H](CNC1CC1)COc1cc(-c2ccccc2)nc2ccccc12. The van der Waals surface area contributed by atoms with Crippen LogP contribution in [0, 0.1) is 0 Å². The van der Waals surface area contributed by atoms with Crippen LogP contribution in [0.4, 0.5) is 0 Å². The maximum absolute atomic E-state index is 10.1. The summed E-state index contributed by atoms with van der Waals surface area (Å²) in [6.07, 6.45) is 1.90. The fraction of sp³-hybridized carbons (Fsp3) is 0.286. The molecule has 1 saturated carbocycles. The zero-order valence-electron chi connectivity index (χ0n) is 14.5. The van der Waals surface area contributed by atoms with Gasteiger partial charge in [0, 0.05) is 29.6 Å². The molecular weight excluding hydrogens is 348 g/mol. The van der Waals surface area contributed by atoms with Crippen LogP contribution in [-0.2, 0) is 0 Å². The number of benzene rings is 2. The van der Waals surface area contributed by atoms with Crippen molar-refractivity contribution in [2.24, 2.45) is 0 Å². The molecule has 4 rings (SSSR count). The van der Waals surface area contributed by atoms with Crippen LogP contribution in [0.15, 0.2) is 60.7 Å². The smallest absolute Gasteiger partial charge is 0.131 e. The van der Waals surface area contributed by atoms with Crippen molar-refractivity contribution in [3.05, 3.63) is 60.7 Å². The summed E-state index contributed by atoms with van der Waals surface area (Å²) in [6, 6.07) is 20.5. The summed E-state index contributed by atoms with van der Waals surface area (Å²) < 4.78 is 5.97. The quantitative estimate of drug-likeness (QED) is 0.664. The molecule has 1 aromatic heterocycles. The topological polar surface area (TPSA) is 54.4 Å². The molecule has 136 valence electrons. The molecule has 2 aromatic carbocycles. The normalized spacial score (nSPS) is 14.7. The molecule has 3 aromatic rings. The lowest BCUT2D eigenvalue weighted by atomic mass is 10.1. The fourth-order valence-corrected chi connectivity index (χ4v) is 2.85. The molecule has 5 heteroatoms. The highest BCUT2D eigenvalue weighted by Gasteiger charge is 2.21. The van der Waals surface area contributed by atoms with Crippen LogP contribution >= 0.6 is 12.4 Å². The molecule has 0 amide bonds. The summed E-state index contributed by atoms with van der Waals surface area (Å²) in [5, 5.41) is 14.4. The zero-order valence-corrected chi connectivity index (χ0v) is 15.3. The summed E-state index contributed by atoms with van der Waals surface area (Å²) in [5.74, 6) is 0.759. The van der Waals surface area contributed by atoms with E-state index < -0.39 is 6.10 Å². The molecule has 0 spiro atoms. The number of ether oxygens (including phenoxy) is 1. The predicted octanol–water partition coefficient (Wildman–Crippen LogP) is 3.82. The van der Waals surface area contributed by atoms with Gasteiger partial charge in [-0.15, -0.1) is 12.4 Å². The lowest BCUT2D eigenvalue weighted by Gasteiger charge is -2.15. The molecule has 0 bridgehead atoms. The number of hydrogen-bond donors (Lipinski definition) is 2. The third-order valence-electron chi connectivity index (χ3n) is 4.40. The van der Waals surface area contributed by atoms with Gasteiger partial charge in [0.1, 0.15) is 18.5 Å². The molecule has 1 heterocycles. The number of hydrogen-bond acceptors (Lipinski definition) is 4. The van der Waals surface area contributed by atoms with E-state index in [0.29, 0.717) is 12.6 Å². The minimum Gasteiger partial charge on any atom is -0.490 e. The lowest BCUT2D eigenvalue weighted by Crippen LogP contribution is -2.32. The number of nitrogens with one attached hydrogen (secondary N) is 1. The van der Waals surface area contributed by atoms with Crippen molar-refractivity contribution in [2.45, 2.75) is 25.0 Å². The van der Waals surface area contributed by atoms with E-state index in [-0.39, 0.29) is 19.0 Å². The number of aliphatic hydroxyl groups is 1. The van der Waals surface area contributed by atoms with Gasteiger partial charge in [-0.1, -0.05) is 42.5 Å². The van der Waals surface area contributed by atoms with Crippen molar-refractivity contribution in [1.29, 1.82) is 0 Å². The number of aliphatic hydroxyl groups excluding tert-OH is 1. The van der Waals surface area contributed by atoms with Gasteiger partial charge in [-0.25, -0.2) is 4.98 Å². The Labute approximate surface area is 159 Å². The van der Waals surface area contributed by atoms with Crippen molar-refractivity contribution < 1.29 is 9.84 Å². The minimum absolute atomic E-state index is 0. The summed E-state index contributed by atoms with van der Waals surface area (Å²) >= 11 is 0. The van der Waals surface area contributed by atoms with Gasteiger partial charge < -0.3 is 15.2 Å². The van der Waals surface area contributed by atoms with E-state index in [1.165, 1.54) is 12.8 Å². The highest BCUT2D eigenvalue weighted by molar-refractivity contribution is 5.87. The van der Waals surface area contributed by atoms with E-state index in [4.69, 9.17) is 9.72 Å². The summed E-state index contributed by atoms with van der Waals surface area (Å²) in [5.41, 5.74) is 2.82. The average Bonchev–Trinajstić information content (AvgIpc) is 3.49. The number of nitrogens with zero attached hydrogens (tertiary/aromatic N) is 1. The predicted molar refractivity (Wildman–Crippen MR) is 107 cm³/mol. The Morgan fingerprint density at radius 1 is 1.08 bits per heavy atom. The van der Waals surface area contributed by atoms with E-state index in [0.717, 1.165) is 27.9 Å². The molecule has 0 aliphatic heterocycles. The third-order valence-corrected chi connectivity index (χ3v) is 4.40. The second kappa shape index (κ2) is 8.49. The molecule has 26 heavy (non-hydrogen) atoms. The average molecular weight is 371 g/mol. The molecule has 4 nitrogen and oxygen atoms in total. The number of para-hydroxylation sites is 1. The number of pyridine rings is 1. The first-order chi connectivity index (χ1) is 12.3.